The number of alkyl halides is 3. The lowest BCUT2D eigenvalue weighted by molar-refractivity contribution is -0.137. The van der Waals surface area contributed by atoms with E-state index in [1.54, 1.807) is 57.7 Å². The van der Waals surface area contributed by atoms with E-state index in [1.165, 1.54) is 75.3 Å². The number of unbranched alkanes of at least 4 members (excludes halogenated alkanes) is 2. The van der Waals surface area contributed by atoms with Gasteiger partial charge in [0.1, 0.15) is 23.0 Å². The van der Waals surface area contributed by atoms with Gasteiger partial charge in [-0.05, 0) is 155 Å². The van der Waals surface area contributed by atoms with E-state index in [-0.39, 0.29) is 22.2 Å². The first-order chi connectivity index (χ1) is 41.9. The SMILES string of the molecule is CCCCCC1CCC(c2ccc(-c3ccc(C(=O)Nc4ccc(-c5ccc6c7c(c8c(=O)occc8c6c5)C=CC(c5ccc(OC)cc5)(C(c5ccccc5)(c5ccccc5)c5ccc(OC)cc5OC)O7)c(C(F)(F)F)c4)cc3)cc2)CC1. The first-order valence-corrected chi connectivity index (χ1v) is 29.5. The molecule has 0 radical (unpaired) electrons. The molecule has 2 heterocycles. The number of carbonyl (C=O) groups excluding carboxylic acids is 1. The molecule has 1 fully saturated rings. The molecule has 0 saturated heterocycles. The average molecular weight is 1150 g/mol. The van der Waals surface area contributed by atoms with Crippen LogP contribution in [0.2, 0.25) is 0 Å². The zero-order valence-corrected chi connectivity index (χ0v) is 48.5. The second kappa shape index (κ2) is 24.0. The lowest BCUT2D eigenvalue weighted by Gasteiger charge is -2.52. The van der Waals surface area contributed by atoms with Crippen LogP contribution in [-0.2, 0) is 17.2 Å². The van der Waals surface area contributed by atoms with Gasteiger partial charge >= 0.3 is 11.8 Å². The van der Waals surface area contributed by atoms with E-state index in [2.05, 4.69) is 36.5 Å². The molecular weight excluding hydrogens is 1080 g/mol. The van der Waals surface area contributed by atoms with Crippen LogP contribution in [-0.4, -0.2) is 27.2 Å². The van der Waals surface area contributed by atoms with Crippen molar-refractivity contribution in [3.05, 3.63) is 261 Å². The number of halogens is 3. The van der Waals surface area contributed by atoms with Gasteiger partial charge in [-0.25, -0.2) is 4.79 Å². The standard InChI is InChI=1S/C75H66F3NO7/c1-5-6-9-14-48-19-21-49(22-20-48)50-23-25-51(26-24-50)52-27-29-53(30-28-52)71(80)79-58-34-39-61(67(46-58)75(76,77)78)54-31-38-63-65(45-54)62-42-44-85-72(81)69(62)64-41-43-73(86-70(63)64,55-32-35-59(82-2)36-33-55)74(56-15-10-7-11-16-56,57-17-12-8-13-18-57)66-40-37-60(83-3)47-68(66)84-4/h7-8,10-13,15-18,23-49H,5-6,9,14,19-22H2,1-4H3,(H,79,80). The van der Waals surface area contributed by atoms with Gasteiger partial charge in [0.05, 0.1) is 44.0 Å². The van der Waals surface area contributed by atoms with Crippen LogP contribution in [0.3, 0.4) is 0 Å². The number of fused-ring (bicyclic) bond motifs is 6. The molecule has 1 unspecified atom stereocenters. The molecule has 9 aromatic carbocycles. The highest BCUT2D eigenvalue weighted by atomic mass is 19.4. The zero-order chi connectivity index (χ0) is 59.6. The number of carbonyl (C=O) groups is 1. The van der Waals surface area contributed by atoms with Gasteiger partial charge < -0.3 is 28.7 Å². The third-order valence-electron chi connectivity index (χ3n) is 17.8. The van der Waals surface area contributed by atoms with Gasteiger partial charge in [-0.3, -0.25) is 4.79 Å². The van der Waals surface area contributed by atoms with Crippen LogP contribution in [0, 0.1) is 5.92 Å². The van der Waals surface area contributed by atoms with Crippen LogP contribution < -0.4 is 29.9 Å². The van der Waals surface area contributed by atoms with E-state index in [4.69, 9.17) is 23.4 Å². The third kappa shape index (κ3) is 10.5. The van der Waals surface area contributed by atoms with Crippen LogP contribution in [0.15, 0.2) is 216 Å². The fourth-order valence-corrected chi connectivity index (χ4v) is 13.5. The Balaban J connectivity index is 0.921. The molecule has 2 aliphatic rings. The van der Waals surface area contributed by atoms with Crippen LogP contribution in [0.25, 0.3) is 49.9 Å². The van der Waals surface area contributed by atoms with Crippen molar-refractivity contribution in [2.75, 3.05) is 26.6 Å². The monoisotopic (exact) mass is 1150 g/mol. The lowest BCUT2D eigenvalue weighted by Crippen LogP contribution is -2.54. The predicted octanol–water partition coefficient (Wildman–Crippen LogP) is 18.8. The van der Waals surface area contributed by atoms with Crippen LogP contribution in [0.1, 0.15) is 114 Å². The number of amides is 1. The number of nitrogens with one attached hydrogen (secondary N) is 1. The van der Waals surface area contributed by atoms with Crippen molar-refractivity contribution in [3.63, 3.8) is 0 Å². The highest BCUT2D eigenvalue weighted by molar-refractivity contribution is 6.15. The van der Waals surface area contributed by atoms with Crippen molar-refractivity contribution in [1.82, 2.24) is 0 Å². The predicted molar refractivity (Wildman–Crippen MR) is 336 cm³/mol. The normalized spacial score (nSPS) is 16.7. The Morgan fingerprint density at radius 1 is 0.628 bits per heavy atom. The minimum Gasteiger partial charge on any atom is -0.497 e. The summed E-state index contributed by atoms with van der Waals surface area (Å²) in [7, 11) is 4.79. The summed E-state index contributed by atoms with van der Waals surface area (Å²) in [5.74, 6) is 2.82. The Morgan fingerprint density at radius 2 is 1.28 bits per heavy atom. The minimum absolute atomic E-state index is 0.0254. The van der Waals surface area contributed by atoms with Gasteiger partial charge in [0.25, 0.3) is 5.91 Å². The molecule has 1 saturated carbocycles. The van der Waals surface area contributed by atoms with Gasteiger partial charge in [0.2, 0.25) is 0 Å². The van der Waals surface area contributed by atoms with Gasteiger partial charge in [-0.1, -0.05) is 160 Å². The molecule has 1 atom stereocenters. The van der Waals surface area contributed by atoms with Crippen molar-refractivity contribution >= 4 is 39.2 Å². The van der Waals surface area contributed by atoms with Gasteiger partial charge in [-0.2, -0.15) is 13.2 Å². The molecule has 1 aliphatic heterocycles. The fourth-order valence-electron chi connectivity index (χ4n) is 13.5. The molecule has 0 bridgehead atoms. The number of methoxy groups -OCH3 is 3. The van der Waals surface area contributed by atoms with Crippen molar-refractivity contribution in [2.45, 2.75) is 81.4 Å². The summed E-state index contributed by atoms with van der Waals surface area (Å²) < 4.78 is 77.8. The number of hydrogen-bond acceptors (Lipinski definition) is 7. The van der Waals surface area contributed by atoms with Gasteiger partial charge in [0, 0.05) is 44.8 Å². The molecule has 86 heavy (non-hydrogen) atoms. The summed E-state index contributed by atoms with van der Waals surface area (Å²) in [4.78, 5) is 28.0. The van der Waals surface area contributed by atoms with Gasteiger partial charge in [-0.15, -0.1) is 0 Å². The maximum Gasteiger partial charge on any atom is 0.417 e. The molecule has 11 heteroatoms. The highest BCUT2D eigenvalue weighted by Gasteiger charge is 2.59. The summed E-state index contributed by atoms with van der Waals surface area (Å²) >= 11 is 0. The number of anilines is 1. The Morgan fingerprint density at radius 3 is 1.92 bits per heavy atom. The molecular formula is C75H66F3NO7. The second-order valence-electron chi connectivity index (χ2n) is 22.6. The number of ether oxygens (including phenoxy) is 4. The maximum atomic E-state index is 15.5. The summed E-state index contributed by atoms with van der Waals surface area (Å²) in [6.45, 7) is 2.26. The summed E-state index contributed by atoms with van der Waals surface area (Å²) in [5.41, 5.74) is 2.65. The zero-order valence-electron chi connectivity index (χ0n) is 48.5. The molecule has 1 N–H and O–H groups in total. The van der Waals surface area contributed by atoms with Crippen molar-refractivity contribution in [2.24, 2.45) is 5.92 Å². The minimum atomic E-state index is -4.85. The summed E-state index contributed by atoms with van der Waals surface area (Å²) in [6.07, 6.45) is 10.5. The van der Waals surface area contributed by atoms with Crippen LogP contribution in [0.4, 0.5) is 18.9 Å². The molecule has 1 aliphatic carbocycles. The number of hydrogen-bond donors (Lipinski definition) is 1. The Hall–Kier alpha value is -9.35. The van der Waals surface area contributed by atoms with E-state index in [1.807, 2.05) is 127 Å². The summed E-state index contributed by atoms with van der Waals surface area (Å²) in [6, 6.07) is 59.5. The van der Waals surface area contributed by atoms with E-state index >= 15 is 13.2 Å². The maximum absolute atomic E-state index is 15.5. The molecule has 10 aromatic rings. The topological polar surface area (TPSA) is 96.2 Å². The first kappa shape index (κ1) is 57.1. The molecule has 12 rings (SSSR count). The Kier molecular flexibility index (Phi) is 15.9. The van der Waals surface area contributed by atoms with E-state index in [9.17, 15) is 9.59 Å². The van der Waals surface area contributed by atoms with Crippen LogP contribution in [0.5, 0.6) is 23.0 Å². The highest BCUT2D eigenvalue weighted by Crippen LogP contribution is 2.60. The molecule has 1 amide bonds. The smallest absolute Gasteiger partial charge is 0.417 e. The van der Waals surface area contributed by atoms with E-state index in [0.717, 1.165) is 34.2 Å². The van der Waals surface area contributed by atoms with Gasteiger partial charge in [0.15, 0.2) is 5.60 Å². The van der Waals surface area contributed by atoms with E-state index in [0.29, 0.717) is 67.3 Å². The van der Waals surface area contributed by atoms with Crippen molar-refractivity contribution < 1.29 is 41.3 Å². The molecule has 1 aromatic heterocycles. The summed E-state index contributed by atoms with van der Waals surface area (Å²) in [5, 5.41) is 4.31. The van der Waals surface area contributed by atoms with Crippen molar-refractivity contribution in [3.8, 4) is 45.3 Å². The largest absolute Gasteiger partial charge is 0.497 e. The molecule has 8 nitrogen and oxygen atoms in total. The second-order valence-corrected chi connectivity index (χ2v) is 22.6. The van der Waals surface area contributed by atoms with E-state index < -0.39 is 34.3 Å². The lowest BCUT2D eigenvalue weighted by atomic mass is 9.56. The molecule has 434 valence electrons. The number of rotatable bonds is 17. The third-order valence-corrected chi connectivity index (χ3v) is 17.8. The fraction of sp³-hybridized carbons (Fsp3) is 0.227. The Labute approximate surface area is 498 Å². The quantitative estimate of drug-likeness (QED) is 0.0551. The van der Waals surface area contributed by atoms with Crippen LogP contribution >= 0.6 is 0 Å². The Bertz CT molecular complexity index is 4130. The van der Waals surface area contributed by atoms with Crippen molar-refractivity contribution in [1.29, 1.82) is 0 Å². The first-order valence-electron chi connectivity index (χ1n) is 29.5. The molecule has 0 spiro atoms. The number of benzene rings is 9. The average Bonchev–Trinajstić information content (AvgIpc) is 1.25.